The van der Waals surface area contributed by atoms with Crippen molar-refractivity contribution in [3.63, 3.8) is 0 Å². The maximum Gasteiger partial charge on any atom is 0.234 e. The van der Waals surface area contributed by atoms with E-state index in [-0.39, 0.29) is 11.9 Å². The number of carbonyl (C=O) groups excluding carboxylic acids is 1. The lowest BCUT2D eigenvalue weighted by atomic mass is 10.2. The molecule has 0 spiro atoms. The number of nitrogens with one attached hydrogen (secondary N) is 2. The molecule has 0 aliphatic rings. The molecule has 4 nitrogen and oxygen atoms in total. The smallest absolute Gasteiger partial charge is 0.234 e. The molecule has 1 amide bonds. The molecule has 1 atom stereocenters. The molecule has 84 valence electrons. The van der Waals surface area contributed by atoms with E-state index in [2.05, 4.69) is 10.6 Å². The molecule has 2 N–H and O–H groups in total. The molecule has 0 aromatic carbocycles. The van der Waals surface area contributed by atoms with Gasteiger partial charge in [0.15, 0.2) is 0 Å². The van der Waals surface area contributed by atoms with E-state index in [4.69, 9.17) is 4.74 Å². The van der Waals surface area contributed by atoms with E-state index >= 15 is 0 Å². The van der Waals surface area contributed by atoms with Crippen LogP contribution in [0.1, 0.15) is 27.2 Å². The van der Waals surface area contributed by atoms with Crippen LogP contribution in [0.2, 0.25) is 0 Å². The number of rotatable bonds is 8. The summed E-state index contributed by atoms with van der Waals surface area (Å²) in [6, 6.07) is 0.260. The molecular weight excluding hydrogens is 180 g/mol. The van der Waals surface area contributed by atoms with E-state index in [1.54, 1.807) is 0 Å². The molecule has 0 saturated carbocycles. The summed E-state index contributed by atoms with van der Waals surface area (Å²) in [6.07, 6.45) is 0.963. The maximum atomic E-state index is 11.2. The molecule has 1 unspecified atom stereocenters. The maximum absolute atomic E-state index is 11.2. The first-order valence-electron chi connectivity index (χ1n) is 5.28. The summed E-state index contributed by atoms with van der Waals surface area (Å²) in [6.45, 7) is 8.48. The third-order valence-corrected chi connectivity index (χ3v) is 1.93. The molecule has 0 radical (unpaired) electrons. The van der Waals surface area contributed by atoms with Gasteiger partial charge in [-0.3, -0.25) is 4.79 Å². The Labute approximate surface area is 86.4 Å². The van der Waals surface area contributed by atoms with Crippen molar-refractivity contribution in [2.45, 2.75) is 33.2 Å². The van der Waals surface area contributed by atoms with Crippen molar-refractivity contribution in [2.24, 2.45) is 0 Å². The molecule has 0 aromatic rings. The molecule has 0 rings (SSSR count). The fraction of sp³-hybridized carbons (Fsp3) is 0.900. The van der Waals surface area contributed by atoms with Gasteiger partial charge in [0.05, 0.1) is 13.2 Å². The Morgan fingerprint density at radius 1 is 1.43 bits per heavy atom. The van der Waals surface area contributed by atoms with E-state index in [0.29, 0.717) is 13.2 Å². The quantitative estimate of drug-likeness (QED) is 0.564. The molecule has 0 aromatic heterocycles. The predicted molar refractivity (Wildman–Crippen MR) is 57.3 cm³/mol. The first-order chi connectivity index (χ1) is 6.70. The average molecular weight is 202 g/mol. The van der Waals surface area contributed by atoms with Gasteiger partial charge < -0.3 is 15.4 Å². The van der Waals surface area contributed by atoms with Gasteiger partial charge >= 0.3 is 0 Å². The second-order valence-electron chi connectivity index (χ2n) is 3.25. The predicted octanol–water partition coefficient (Wildman–Crippen LogP) is 0.527. The van der Waals surface area contributed by atoms with Crippen molar-refractivity contribution in [2.75, 3.05) is 26.3 Å². The summed E-state index contributed by atoms with van der Waals surface area (Å²) in [4.78, 5) is 11.2. The van der Waals surface area contributed by atoms with E-state index < -0.39 is 0 Å². The minimum atomic E-state index is 0.0517. The van der Waals surface area contributed by atoms with Crippen molar-refractivity contribution in [3.05, 3.63) is 0 Å². The topological polar surface area (TPSA) is 50.4 Å². The number of hydrogen-bond acceptors (Lipinski definition) is 3. The Bertz CT molecular complexity index is 151. The Hall–Kier alpha value is -0.610. The fourth-order valence-electron chi connectivity index (χ4n) is 0.919. The highest BCUT2D eigenvalue weighted by molar-refractivity contribution is 5.78. The van der Waals surface area contributed by atoms with Crippen molar-refractivity contribution < 1.29 is 9.53 Å². The van der Waals surface area contributed by atoms with Crippen molar-refractivity contribution in [3.8, 4) is 0 Å². The van der Waals surface area contributed by atoms with Crippen molar-refractivity contribution >= 4 is 5.91 Å². The third-order valence-electron chi connectivity index (χ3n) is 1.93. The van der Waals surface area contributed by atoms with Gasteiger partial charge in [-0.25, -0.2) is 0 Å². The van der Waals surface area contributed by atoms with Crippen molar-refractivity contribution in [1.29, 1.82) is 0 Å². The van der Waals surface area contributed by atoms with E-state index in [0.717, 1.165) is 19.6 Å². The van der Waals surface area contributed by atoms with E-state index in [1.165, 1.54) is 0 Å². The minimum absolute atomic E-state index is 0.0517. The van der Waals surface area contributed by atoms with Crippen LogP contribution in [0.3, 0.4) is 0 Å². The molecule has 14 heavy (non-hydrogen) atoms. The minimum Gasteiger partial charge on any atom is -0.380 e. The van der Waals surface area contributed by atoms with Gasteiger partial charge in [0.2, 0.25) is 5.91 Å². The van der Waals surface area contributed by atoms with Crippen LogP contribution in [0.5, 0.6) is 0 Å². The fourth-order valence-corrected chi connectivity index (χ4v) is 0.919. The van der Waals surface area contributed by atoms with E-state index in [1.807, 2.05) is 20.8 Å². The number of carbonyl (C=O) groups is 1. The van der Waals surface area contributed by atoms with E-state index in [9.17, 15) is 4.79 Å². The Morgan fingerprint density at radius 3 is 2.71 bits per heavy atom. The van der Waals surface area contributed by atoms with Gasteiger partial charge in [-0.2, -0.15) is 0 Å². The lowest BCUT2D eigenvalue weighted by molar-refractivity contribution is -0.120. The Kier molecular flexibility index (Phi) is 8.57. The van der Waals surface area contributed by atoms with Crippen LogP contribution in [0.4, 0.5) is 0 Å². The SMILES string of the molecule is CCOCCNCC(=O)NC(C)CC. The van der Waals surface area contributed by atoms with Crippen LogP contribution in [0, 0.1) is 0 Å². The summed E-state index contributed by atoms with van der Waals surface area (Å²) < 4.78 is 5.12. The molecule has 0 fully saturated rings. The first-order valence-corrected chi connectivity index (χ1v) is 5.28. The molecular formula is C10H22N2O2. The van der Waals surface area contributed by atoms with Crippen LogP contribution in [0.25, 0.3) is 0 Å². The van der Waals surface area contributed by atoms with Crippen LogP contribution in [-0.2, 0) is 9.53 Å². The largest absolute Gasteiger partial charge is 0.380 e. The standard InChI is InChI=1S/C10H22N2O2/c1-4-9(3)12-10(13)8-11-6-7-14-5-2/h9,11H,4-8H2,1-3H3,(H,12,13). The molecule has 0 saturated heterocycles. The van der Waals surface area contributed by atoms with Gasteiger partial charge in [-0.15, -0.1) is 0 Å². The molecule has 0 bridgehead atoms. The highest BCUT2D eigenvalue weighted by Crippen LogP contribution is 1.86. The lowest BCUT2D eigenvalue weighted by Crippen LogP contribution is -2.39. The molecule has 4 heteroatoms. The third kappa shape index (κ3) is 8.01. The molecule has 0 heterocycles. The monoisotopic (exact) mass is 202 g/mol. The summed E-state index contributed by atoms with van der Waals surface area (Å²) in [5.41, 5.74) is 0. The van der Waals surface area contributed by atoms with Gasteiger partial charge in [-0.1, -0.05) is 6.92 Å². The zero-order valence-corrected chi connectivity index (χ0v) is 9.43. The first kappa shape index (κ1) is 13.4. The average Bonchev–Trinajstić information content (AvgIpc) is 2.17. The lowest BCUT2D eigenvalue weighted by Gasteiger charge is -2.11. The normalized spacial score (nSPS) is 12.5. The van der Waals surface area contributed by atoms with Crippen LogP contribution >= 0.6 is 0 Å². The number of ether oxygens (including phenoxy) is 1. The van der Waals surface area contributed by atoms with Crippen LogP contribution < -0.4 is 10.6 Å². The van der Waals surface area contributed by atoms with Crippen LogP contribution in [0.15, 0.2) is 0 Å². The highest BCUT2D eigenvalue weighted by atomic mass is 16.5. The van der Waals surface area contributed by atoms with Gasteiger partial charge in [0.25, 0.3) is 0 Å². The number of amides is 1. The highest BCUT2D eigenvalue weighted by Gasteiger charge is 2.03. The Balaban J connectivity index is 3.27. The summed E-state index contributed by atoms with van der Waals surface area (Å²) >= 11 is 0. The second-order valence-corrected chi connectivity index (χ2v) is 3.25. The van der Waals surface area contributed by atoms with Crippen LogP contribution in [-0.4, -0.2) is 38.3 Å². The van der Waals surface area contributed by atoms with Gasteiger partial charge in [0, 0.05) is 19.2 Å². The van der Waals surface area contributed by atoms with Gasteiger partial charge in [0.1, 0.15) is 0 Å². The molecule has 0 aliphatic carbocycles. The zero-order chi connectivity index (χ0) is 10.8. The number of hydrogen-bond donors (Lipinski definition) is 2. The Morgan fingerprint density at radius 2 is 2.14 bits per heavy atom. The second kappa shape index (κ2) is 8.97. The summed E-state index contributed by atoms with van der Waals surface area (Å²) in [5, 5.41) is 5.89. The van der Waals surface area contributed by atoms with Gasteiger partial charge in [-0.05, 0) is 20.3 Å². The summed E-state index contributed by atoms with van der Waals surface area (Å²) in [7, 11) is 0. The van der Waals surface area contributed by atoms with Crippen molar-refractivity contribution in [1.82, 2.24) is 10.6 Å². The zero-order valence-electron chi connectivity index (χ0n) is 9.43. The molecule has 0 aliphatic heterocycles. The summed E-state index contributed by atoms with van der Waals surface area (Å²) in [5.74, 6) is 0.0517.